The Kier molecular flexibility index (Phi) is 4.31. The Bertz CT molecular complexity index is 663. The number of aryl methyl sites for hydroxylation is 2. The molecule has 1 aliphatic heterocycles. The summed E-state index contributed by atoms with van der Waals surface area (Å²) in [6, 6.07) is 0.168. The van der Waals surface area contributed by atoms with Crippen LogP contribution in [0.2, 0.25) is 0 Å². The lowest BCUT2D eigenvalue weighted by Gasteiger charge is -2.40. The molecular formula is C16H22N4OS. The molecular weight excluding hydrogens is 296 g/mol. The Morgan fingerprint density at radius 1 is 1.41 bits per heavy atom. The molecule has 6 heteroatoms. The Labute approximate surface area is 135 Å². The van der Waals surface area contributed by atoms with Gasteiger partial charge in [0.1, 0.15) is 5.82 Å². The number of likely N-dealkylation sites (N-methyl/N-ethyl adjacent to an activating group) is 1. The molecule has 1 saturated heterocycles. The van der Waals surface area contributed by atoms with E-state index in [9.17, 15) is 4.79 Å². The van der Waals surface area contributed by atoms with Crippen LogP contribution in [0.25, 0.3) is 0 Å². The minimum Gasteiger partial charge on any atom is -0.337 e. The van der Waals surface area contributed by atoms with Crippen molar-refractivity contribution in [2.24, 2.45) is 7.05 Å². The van der Waals surface area contributed by atoms with Crippen molar-refractivity contribution in [1.82, 2.24) is 19.4 Å². The molecule has 0 bridgehead atoms. The normalized spacial score (nSPS) is 19.6. The molecule has 0 N–H and O–H groups in total. The van der Waals surface area contributed by atoms with E-state index in [1.54, 1.807) is 11.3 Å². The van der Waals surface area contributed by atoms with E-state index in [0.717, 1.165) is 36.6 Å². The lowest BCUT2D eigenvalue weighted by atomic mass is 10.1. The third-order valence-electron chi connectivity index (χ3n) is 4.43. The summed E-state index contributed by atoms with van der Waals surface area (Å²) in [5, 5.41) is 3.99. The fraction of sp³-hybridized carbons (Fsp3) is 0.500. The number of piperazine rings is 1. The van der Waals surface area contributed by atoms with Gasteiger partial charge in [-0.05, 0) is 24.4 Å². The van der Waals surface area contributed by atoms with Crippen molar-refractivity contribution >= 4 is 17.2 Å². The van der Waals surface area contributed by atoms with Crippen molar-refractivity contribution in [3.63, 3.8) is 0 Å². The van der Waals surface area contributed by atoms with E-state index in [1.807, 2.05) is 42.0 Å². The maximum Gasteiger partial charge on any atom is 0.255 e. The summed E-state index contributed by atoms with van der Waals surface area (Å²) in [5.74, 6) is 1.18. The van der Waals surface area contributed by atoms with Gasteiger partial charge in [-0.3, -0.25) is 9.69 Å². The van der Waals surface area contributed by atoms with E-state index < -0.39 is 0 Å². The van der Waals surface area contributed by atoms with Crippen LogP contribution in [0.1, 0.15) is 34.7 Å². The quantitative estimate of drug-likeness (QED) is 0.872. The van der Waals surface area contributed by atoms with Crippen molar-refractivity contribution in [2.45, 2.75) is 19.9 Å². The molecule has 3 heterocycles. The number of aromatic nitrogens is 2. The number of hydrogen-bond acceptors (Lipinski definition) is 4. The molecule has 0 aromatic carbocycles. The molecule has 0 spiro atoms. The molecule has 1 fully saturated rings. The van der Waals surface area contributed by atoms with Crippen molar-refractivity contribution in [3.05, 3.63) is 40.1 Å². The van der Waals surface area contributed by atoms with Crippen LogP contribution in [0.15, 0.2) is 23.2 Å². The molecule has 1 atom stereocenters. The monoisotopic (exact) mass is 318 g/mol. The van der Waals surface area contributed by atoms with Gasteiger partial charge >= 0.3 is 0 Å². The van der Waals surface area contributed by atoms with Gasteiger partial charge in [0, 0.05) is 44.5 Å². The highest BCUT2D eigenvalue weighted by Gasteiger charge is 2.32. The van der Waals surface area contributed by atoms with E-state index in [-0.39, 0.29) is 11.9 Å². The van der Waals surface area contributed by atoms with Gasteiger partial charge in [0.25, 0.3) is 5.91 Å². The number of amides is 1. The lowest BCUT2D eigenvalue weighted by molar-refractivity contribution is 0.0472. The third-order valence-corrected chi connectivity index (χ3v) is 5.29. The van der Waals surface area contributed by atoms with Gasteiger partial charge in [-0.1, -0.05) is 6.92 Å². The zero-order valence-corrected chi connectivity index (χ0v) is 14.1. The van der Waals surface area contributed by atoms with Gasteiger partial charge in [-0.25, -0.2) is 4.98 Å². The zero-order valence-electron chi connectivity index (χ0n) is 13.3. The predicted molar refractivity (Wildman–Crippen MR) is 88.2 cm³/mol. The highest BCUT2D eigenvalue weighted by molar-refractivity contribution is 7.08. The van der Waals surface area contributed by atoms with Crippen molar-refractivity contribution in [1.29, 1.82) is 0 Å². The fourth-order valence-electron chi connectivity index (χ4n) is 3.08. The molecule has 0 saturated carbocycles. The number of nitrogens with zero attached hydrogens (tertiary/aromatic N) is 4. The summed E-state index contributed by atoms with van der Waals surface area (Å²) in [6.07, 6.45) is 3.79. The van der Waals surface area contributed by atoms with Crippen LogP contribution >= 0.6 is 11.3 Å². The Hall–Kier alpha value is -1.66. The van der Waals surface area contributed by atoms with Gasteiger partial charge in [0.15, 0.2) is 0 Å². The third kappa shape index (κ3) is 2.68. The van der Waals surface area contributed by atoms with Gasteiger partial charge in [-0.15, -0.1) is 0 Å². The summed E-state index contributed by atoms with van der Waals surface area (Å²) in [4.78, 5) is 21.6. The van der Waals surface area contributed by atoms with Crippen LogP contribution in [0.3, 0.4) is 0 Å². The Morgan fingerprint density at radius 2 is 2.23 bits per heavy atom. The van der Waals surface area contributed by atoms with Crippen molar-refractivity contribution in [3.8, 4) is 0 Å². The van der Waals surface area contributed by atoms with Gasteiger partial charge in [0.05, 0.1) is 11.6 Å². The summed E-state index contributed by atoms with van der Waals surface area (Å²) in [7, 11) is 2.01. The maximum absolute atomic E-state index is 12.8. The van der Waals surface area contributed by atoms with Crippen LogP contribution in [-0.4, -0.2) is 51.4 Å². The van der Waals surface area contributed by atoms with Crippen LogP contribution in [0, 0.1) is 6.92 Å². The van der Waals surface area contributed by atoms with E-state index in [4.69, 9.17) is 0 Å². The number of hydrogen-bond donors (Lipinski definition) is 0. The van der Waals surface area contributed by atoms with Crippen LogP contribution in [0.4, 0.5) is 0 Å². The molecule has 0 radical (unpaired) electrons. The predicted octanol–water partition coefficient (Wildman–Crippen LogP) is 2.31. The average Bonchev–Trinajstić information content (AvgIpc) is 3.14. The van der Waals surface area contributed by atoms with E-state index >= 15 is 0 Å². The van der Waals surface area contributed by atoms with Gasteiger partial charge in [-0.2, -0.15) is 11.3 Å². The first-order valence-electron chi connectivity index (χ1n) is 7.65. The summed E-state index contributed by atoms with van der Waals surface area (Å²) < 4.78 is 2.05. The topological polar surface area (TPSA) is 41.4 Å². The molecule has 118 valence electrons. The van der Waals surface area contributed by atoms with Gasteiger partial charge in [0.2, 0.25) is 0 Å². The Balaban J connectivity index is 1.83. The number of carbonyl (C=O) groups excluding carboxylic acids is 1. The Morgan fingerprint density at radius 3 is 2.82 bits per heavy atom. The van der Waals surface area contributed by atoms with E-state index in [0.29, 0.717) is 6.54 Å². The second-order valence-electron chi connectivity index (χ2n) is 5.76. The summed E-state index contributed by atoms with van der Waals surface area (Å²) >= 11 is 1.59. The molecule has 22 heavy (non-hydrogen) atoms. The molecule has 5 nitrogen and oxygen atoms in total. The maximum atomic E-state index is 12.8. The first-order valence-corrected chi connectivity index (χ1v) is 8.59. The minimum atomic E-state index is 0.147. The molecule has 2 aromatic rings. The van der Waals surface area contributed by atoms with Crippen LogP contribution in [-0.2, 0) is 7.05 Å². The number of rotatable bonds is 3. The second kappa shape index (κ2) is 6.22. The highest BCUT2D eigenvalue weighted by Crippen LogP contribution is 2.26. The van der Waals surface area contributed by atoms with E-state index in [2.05, 4.69) is 21.4 Å². The largest absolute Gasteiger partial charge is 0.337 e. The minimum absolute atomic E-state index is 0.147. The average molecular weight is 318 g/mol. The standard InChI is InChI=1S/C16H22N4OS/c1-4-19-7-8-20(16(21)13-11-22-10-12(13)2)9-14(19)15-17-5-6-18(15)3/h5-6,10-11,14H,4,7-9H2,1-3H3/t14-/m0/s1. The fourth-order valence-corrected chi connectivity index (χ4v) is 3.90. The van der Waals surface area contributed by atoms with Crippen LogP contribution in [0.5, 0.6) is 0 Å². The second-order valence-corrected chi connectivity index (χ2v) is 6.50. The number of thiophene rings is 1. The first kappa shape index (κ1) is 15.2. The SMILES string of the molecule is CCN1CCN(C(=O)c2cscc2C)C[C@H]1c1nccn1C. The number of imidazole rings is 1. The molecule has 1 aliphatic rings. The molecule has 2 aromatic heterocycles. The van der Waals surface area contributed by atoms with E-state index in [1.165, 1.54) is 0 Å². The van der Waals surface area contributed by atoms with Crippen LogP contribution < -0.4 is 0 Å². The smallest absolute Gasteiger partial charge is 0.255 e. The zero-order chi connectivity index (χ0) is 15.7. The molecule has 0 unspecified atom stereocenters. The lowest BCUT2D eigenvalue weighted by Crippen LogP contribution is -2.51. The highest BCUT2D eigenvalue weighted by atomic mass is 32.1. The van der Waals surface area contributed by atoms with Gasteiger partial charge < -0.3 is 9.47 Å². The van der Waals surface area contributed by atoms with Crippen molar-refractivity contribution < 1.29 is 4.79 Å². The van der Waals surface area contributed by atoms with Crippen molar-refractivity contribution in [2.75, 3.05) is 26.2 Å². The first-order chi connectivity index (χ1) is 10.6. The molecule has 3 rings (SSSR count). The number of carbonyl (C=O) groups is 1. The summed E-state index contributed by atoms with van der Waals surface area (Å²) in [6.45, 7) is 7.51. The molecule has 1 amide bonds. The molecule has 0 aliphatic carbocycles. The summed E-state index contributed by atoms with van der Waals surface area (Å²) in [5.41, 5.74) is 1.91.